The monoisotopic (exact) mass is 262 g/mol. The molecule has 0 radical (unpaired) electrons. The fraction of sp³-hybridized carbons (Fsp3) is 0.467. The molecule has 2 amide bonds. The second-order valence-electron chi connectivity index (χ2n) is 5.64. The summed E-state index contributed by atoms with van der Waals surface area (Å²) in [6.07, 6.45) is 0.733. The third kappa shape index (κ3) is 4.39. The Labute approximate surface area is 114 Å². The molecule has 1 aromatic rings. The minimum Gasteiger partial charge on any atom is -0.273 e. The largest absolute Gasteiger partial charge is 0.273 e. The maximum absolute atomic E-state index is 12.0. The van der Waals surface area contributed by atoms with E-state index in [2.05, 4.69) is 10.9 Å². The topological polar surface area (TPSA) is 58.2 Å². The number of hydrogen-bond donors (Lipinski definition) is 2. The molecule has 0 fully saturated rings. The molecule has 1 aromatic carbocycles. The molecule has 19 heavy (non-hydrogen) atoms. The molecule has 1 rings (SSSR count). The fourth-order valence-electron chi connectivity index (χ4n) is 2.06. The van der Waals surface area contributed by atoms with Gasteiger partial charge in [-0.1, -0.05) is 45.9 Å². The SMILES string of the molecule is CCC(C(=O)NNC(=O)c1ccccc1)C(C)(C)C. The van der Waals surface area contributed by atoms with Crippen LogP contribution in [-0.4, -0.2) is 11.8 Å². The van der Waals surface area contributed by atoms with Crippen LogP contribution in [0.5, 0.6) is 0 Å². The number of hydrogen-bond acceptors (Lipinski definition) is 2. The van der Waals surface area contributed by atoms with Crippen molar-refractivity contribution in [2.75, 3.05) is 0 Å². The lowest BCUT2D eigenvalue weighted by Gasteiger charge is -2.28. The summed E-state index contributed by atoms with van der Waals surface area (Å²) < 4.78 is 0. The van der Waals surface area contributed by atoms with Crippen LogP contribution in [0.25, 0.3) is 0 Å². The Kier molecular flexibility index (Phi) is 5.10. The normalized spacial score (nSPS) is 12.6. The van der Waals surface area contributed by atoms with Gasteiger partial charge in [-0.2, -0.15) is 0 Å². The minimum absolute atomic E-state index is 0.129. The molecule has 0 aromatic heterocycles. The molecule has 0 aliphatic rings. The second-order valence-corrected chi connectivity index (χ2v) is 5.64. The van der Waals surface area contributed by atoms with E-state index in [1.54, 1.807) is 24.3 Å². The predicted molar refractivity (Wildman–Crippen MR) is 75.3 cm³/mol. The van der Waals surface area contributed by atoms with Gasteiger partial charge in [-0.15, -0.1) is 0 Å². The van der Waals surface area contributed by atoms with Gasteiger partial charge in [0.25, 0.3) is 5.91 Å². The first-order valence-corrected chi connectivity index (χ1v) is 6.51. The van der Waals surface area contributed by atoms with E-state index in [0.29, 0.717) is 5.56 Å². The summed E-state index contributed by atoms with van der Waals surface area (Å²) in [6, 6.07) is 8.79. The first-order chi connectivity index (χ1) is 8.86. The molecule has 0 heterocycles. The van der Waals surface area contributed by atoms with Crippen molar-refractivity contribution in [2.45, 2.75) is 34.1 Å². The third-order valence-electron chi connectivity index (χ3n) is 3.11. The Morgan fingerprint density at radius 1 is 1.11 bits per heavy atom. The average Bonchev–Trinajstić information content (AvgIpc) is 2.36. The molecule has 104 valence electrons. The van der Waals surface area contributed by atoms with Crippen LogP contribution in [0.3, 0.4) is 0 Å². The van der Waals surface area contributed by atoms with E-state index in [-0.39, 0.29) is 23.1 Å². The van der Waals surface area contributed by atoms with Crippen molar-refractivity contribution in [3.05, 3.63) is 35.9 Å². The summed E-state index contributed by atoms with van der Waals surface area (Å²) in [4.78, 5) is 23.8. The predicted octanol–water partition coefficient (Wildman–Crippen LogP) is 2.52. The van der Waals surface area contributed by atoms with Crippen LogP contribution in [0.4, 0.5) is 0 Å². The number of benzene rings is 1. The smallest absolute Gasteiger partial charge is 0.269 e. The van der Waals surface area contributed by atoms with Crippen molar-refractivity contribution in [3.8, 4) is 0 Å². The van der Waals surface area contributed by atoms with Crippen LogP contribution in [0.2, 0.25) is 0 Å². The standard InChI is InChI=1S/C15H22N2O2/c1-5-12(15(2,3)4)14(19)17-16-13(18)11-9-7-6-8-10-11/h6-10,12H,5H2,1-4H3,(H,16,18)(H,17,19). The summed E-state index contributed by atoms with van der Waals surface area (Å²) in [6.45, 7) is 8.01. The first-order valence-electron chi connectivity index (χ1n) is 6.51. The summed E-state index contributed by atoms with van der Waals surface area (Å²) >= 11 is 0. The van der Waals surface area contributed by atoms with Crippen LogP contribution in [0.1, 0.15) is 44.5 Å². The molecular weight excluding hydrogens is 240 g/mol. The Morgan fingerprint density at radius 3 is 2.16 bits per heavy atom. The Morgan fingerprint density at radius 2 is 1.68 bits per heavy atom. The summed E-state index contributed by atoms with van der Waals surface area (Å²) in [7, 11) is 0. The van der Waals surface area contributed by atoms with E-state index in [9.17, 15) is 9.59 Å². The maximum atomic E-state index is 12.0. The van der Waals surface area contributed by atoms with Gasteiger partial charge < -0.3 is 0 Å². The van der Waals surface area contributed by atoms with Gasteiger partial charge in [-0.25, -0.2) is 0 Å². The highest BCUT2D eigenvalue weighted by molar-refractivity contribution is 5.95. The van der Waals surface area contributed by atoms with Crippen molar-refractivity contribution in [1.82, 2.24) is 10.9 Å². The highest BCUT2D eigenvalue weighted by Gasteiger charge is 2.29. The fourth-order valence-corrected chi connectivity index (χ4v) is 2.06. The number of amides is 2. The number of rotatable bonds is 3. The summed E-state index contributed by atoms with van der Waals surface area (Å²) in [5.41, 5.74) is 5.34. The van der Waals surface area contributed by atoms with Crippen LogP contribution in [0.15, 0.2) is 30.3 Å². The molecule has 0 spiro atoms. The van der Waals surface area contributed by atoms with Crippen molar-refractivity contribution in [1.29, 1.82) is 0 Å². The molecule has 0 saturated carbocycles. The highest BCUT2D eigenvalue weighted by atomic mass is 16.2. The van der Waals surface area contributed by atoms with E-state index < -0.39 is 0 Å². The summed E-state index contributed by atoms with van der Waals surface area (Å²) in [5, 5.41) is 0. The molecule has 0 aliphatic heterocycles. The molecular formula is C15H22N2O2. The molecule has 4 nitrogen and oxygen atoms in total. The van der Waals surface area contributed by atoms with Gasteiger partial charge in [0.15, 0.2) is 0 Å². The van der Waals surface area contributed by atoms with E-state index in [4.69, 9.17) is 0 Å². The summed E-state index contributed by atoms with van der Waals surface area (Å²) in [5.74, 6) is -0.597. The van der Waals surface area contributed by atoms with E-state index >= 15 is 0 Å². The Balaban J connectivity index is 2.57. The Bertz CT molecular complexity index is 435. The van der Waals surface area contributed by atoms with Gasteiger partial charge >= 0.3 is 0 Å². The molecule has 1 unspecified atom stereocenters. The molecule has 0 saturated heterocycles. The molecule has 2 N–H and O–H groups in total. The molecule has 0 aliphatic carbocycles. The Hall–Kier alpha value is -1.84. The lowest BCUT2D eigenvalue weighted by molar-refractivity contribution is -0.129. The molecule has 1 atom stereocenters. The van der Waals surface area contributed by atoms with Crippen LogP contribution in [-0.2, 0) is 4.79 Å². The van der Waals surface area contributed by atoms with Gasteiger partial charge in [-0.3, -0.25) is 20.4 Å². The lowest BCUT2D eigenvalue weighted by atomic mass is 9.79. The van der Waals surface area contributed by atoms with Gasteiger partial charge in [0.1, 0.15) is 0 Å². The zero-order valence-corrected chi connectivity index (χ0v) is 12.0. The van der Waals surface area contributed by atoms with Crippen LogP contribution >= 0.6 is 0 Å². The molecule has 0 bridgehead atoms. The number of hydrazine groups is 1. The first kappa shape index (κ1) is 15.2. The van der Waals surface area contributed by atoms with Gasteiger partial charge in [0, 0.05) is 11.5 Å². The average molecular weight is 262 g/mol. The van der Waals surface area contributed by atoms with Crippen molar-refractivity contribution in [2.24, 2.45) is 11.3 Å². The van der Waals surface area contributed by atoms with E-state index in [0.717, 1.165) is 6.42 Å². The van der Waals surface area contributed by atoms with Crippen molar-refractivity contribution < 1.29 is 9.59 Å². The highest BCUT2D eigenvalue weighted by Crippen LogP contribution is 2.28. The number of carbonyl (C=O) groups is 2. The minimum atomic E-state index is -0.308. The maximum Gasteiger partial charge on any atom is 0.269 e. The van der Waals surface area contributed by atoms with Gasteiger partial charge in [0.05, 0.1) is 0 Å². The van der Waals surface area contributed by atoms with Gasteiger partial charge in [0.2, 0.25) is 5.91 Å². The lowest BCUT2D eigenvalue weighted by Crippen LogP contribution is -2.47. The van der Waals surface area contributed by atoms with E-state index in [1.807, 2.05) is 33.8 Å². The van der Waals surface area contributed by atoms with E-state index in [1.165, 1.54) is 0 Å². The second kappa shape index (κ2) is 6.36. The van der Waals surface area contributed by atoms with Crippen molar-refractivity contribution >= 4 is 11.8 Å². The molecule has 4 heteroatoms. The number of carbonyl (C=O) groups excluding carboxylic acids is 2. The van der Waals surface area contributed by atoms with Crippen molar-refractivity contribution in [3.63, 3.8) is 0 Å². The quantitative estimate of drug-likeness (QED) is 0.822. The zero-order chi connectivity index (χ0) is 14.5. The number of nitrogens with one attached hydrogen (secondary N) is 2. The van der Waals surface area contributed by atoms with Crippen LogP contribution < -0.4 is 10.9 Å². The van der Waals surface area contributed by atoms with Crippen LogP contribution in [0, 0.1) is 11.3 Å². The zero-order valence-electron chi connectivity index (χ0n) is 12.0. The third-order valence-corrected chi connectivity index (χ3v) is 3.11. The van der Waals surface area contributed by atoms with Gasteiger partial charge in [-0.05, 0) is 24.0 Å².